The first kappa shape index (κ1) is 15.7. The lowest BCUT2D eigenvalue weighted by Crippen LogP contribution is -2.42. The highest BCUT2D eigenvalue weighted by molar-refractivity contribution is 7.99. The van der Waals surface area contributed by atoms with Gasteiger partial charge in [0.15, 0.2) is 0 Å². The second-order valence-electron chi connectivity index (χ2n) is 3.37. The Kier molecular flexibility index (Phi) is 11.0. The standard InChI is InChI=1S/C10H22N2O3S/c1-15-6-3-9(11)10(14)12-4-8-16-7-2-5-13/h9,13H,2-8,11H2,1H3,(H,12,14). The van der Waals surface area contributed by atoms with Crippen molar-refractivity contribution in [1.29, 1.82) is 0 Å². The SMILES string of the molecule is COCCC(N)C(=O)NCCSCCCO. The zero-order chi connectivity index (χ0) is 12.2. The number of aliphatic hydroxyl groups excluding tert-OH is 1. The van der Waals surface area contributed by atoms with E-state index in [1.165, 1.54) is 0 Å². The number of nitrogens with one attached hydrogen (secondary N) is 1. The summed E-state index contributed by atoms with van der Waals surface area (Å²) in [5.41, 5.74) is 5.63. The Balaban J connectivity index is 3.35. The van der Waals surface area contributed by atoms with E-state index in [1.807, 2.05) is 0 Å². The molecule has 0 saturated heterocycles. The molecule has 0 aliphatic carbocycles. The van der Waals surface area contributed by atoms with Crippen molar-refractivity contribution in [2.75, 3.05) is 38.4 Å². The largest absolute Gasteiger partial charge is 0.396 e. The molecule has 0 aliphatic rings. The van der Waals surface area contributed by atoms with Gasteiger partial charge in [-0.15, -0.1) is 0 Å². The lowest BCUT2D eigenvalue weighted by Gasteiger charge is -2.11. The van der Waals surface area contributed by atoms with Crippen LogP contribution in [0.5, 0.6) is 0 Å². The van der Waals surface area contributed by atoms with E-state index in [4.69, 9.17) is 15.6 Å². The third kappa shape index (κ3) is 8.96. The van der Waals surface area contributed by atoms with Gasteiger partial charge in [0.1, 0.15) is 0 Å². The van der Waals surface area contributed by atoms with Crippen LogP contribution in [0.25, 0.3) is 0 Å². The van der Waals surface area contributed by atoms with E-state index in [0.29, 0.717) is 19.6 Å². The van der Waals surface area contributed by atoms with Gasteiger partial charge < -0.3 is 20.9 Å². The minimum Gasteiger partial charge on any atom is -0.396 e. The summed E-state index contributed by atoms with van der Waals surface area (Å²) in [7, 11) is 1.59. The maximum absolute atomic E-state index is 11.4. The summed E-state index contributed by atoms with van der Waals surface area (Å²) >= 11 is 1.71. The fraction of sp³-hybridized carbons (Fsp3) is 0.900. The molecule has 0 aliphatic heterocycles. The van der Waals surface area contributed by atoms with Gasteiger partial charge >= 0.3 is 0 Å². The second-order valence-corrected chi connectivity index (χ2v) is 4.59. The number of hydrogen-bond acceptors (Lipinski definition) is 5. The highest BCUT2D eigenvalue weighted by Gasteiger charge is 2.11. The van der Waals surface area contributed by atoms with Gasteiger partial charge in [-0.3, -0.25) is 4.79 Å². The Labute approximate surface area is 101 Å². The van der Waals surface area contributed by atoms with Gasteiger partial charge in [0.05, 0.1) is 6.04 Å². The monoisotopic (exact) mass is 250 g/mol. The highest BCUT2D eigenvalue weighted by atomic mass is 32.2. The van der Waals surface area contributed by atoms with Gasteiger partial charge in [-0.1, -0.05) is 0 Å². The van der Waals surface area contributed by atoms with E-state index in [0.717, 1.165) is 17.9 Å². The molecule has 0 aromatic carbocycles. The summed E-state index contributed by atoms with van der Waals surface area (Å²) in [5, 5.41) is 11.3. The predicted octanol–water partition coefficient (Wildman–Crippen LogP) is -0.418. The third-order valence-electron chi connectivity index (χ3n) is 1.96. The van der Waals surface area contributed by atoms with Gasteiger partial charge in [-0.25, -0.2) is 0 Å². The van der Waals surface area contributed by atoms with Gasteiger partial charge in [-0.2, -0.15) is 11.8 Å². The van der Waals surface area contributed by atoms with Crippen LogP contribution >= 0.6 is 11.8 Å². The van der Waals surface area contributed by atoms with E-state index in [-0.39, 0.29) is 12.5 Å². The first-order valence-electron chi connectivity index (χ1n) is 5.43. The summed E-state index contributed by atoms with van der Waals surface area (Å²) < 4.78 is 4.84. The smallest absolute Gasteiger partial charge is 0.237 e. The van der Waals surface area contributed by atoms with Crippen molar-refractivity contribution in [2.24, 2.45) is 5.73 Å². The first-order valence-corrected chi connectivity index (χ1v) is 6.58. The van der Waals surface area contributed by atoms with Gasteiger partial charge in [0, 0.05) is 32.6 Å². The Morgan fingerprint density at radius 1 is 1.56 bits per heavy atom. The molecule has 1 unspecified atom stereocenters. The average molecular weight is 250 g/mol. The number of rotatable bonds is 10. The Bertz CT molecular complexity index is 181. The summed E-state index contributed by atoms with van der Waals surface area (Å²) in [6.45, 7) is 1.34. The minimum atomic E-state index is -0.484. The molecule has 0 aromatic rings. The molecule has 1 amide bonds. The molecule has 0 bridgehead atoms. The molecular weight excluding hydrogens is 228 g/mol. The van der Waals surface area contributed by atoms with Crippen molar-refractivity contribution in [3.63, 3.8) is 0 Å². The van der Waals surface area contributed by atoms with Crippen molar-refractivity contribution >= 4 is 17.7 Å². The number of ether oxygens (including phenoxy) is 1. The maximum Gasteiger partial charge on any atom is 0.237 e. The zero-order valence-corrected chi connectivity index (χ0v) is 10.6. The van der Waals surface area contributed by atoms with E-state index in [2.05, 4.69) is 5.32 Å². The van der Waals surface area contributed by atoms with E-state index >= 15 is 0 Å². The molecule has 4 N–H and O–H groups in total. The normalized spacial score (nSPS) is 12.4. The number of thioether (sulfide) groups is 1. The summed E-state index contributed by atoms with van der Waals surface area (Å²) in [4.78, 5) is 11.4. The van der Waals surface area contributed by atoms with Crippen molar-refractivity contribution in [3.8, 4) is 0 Å². The molecule has 0 spiro atoms. The molecule has 0 rings (SSSR count). The summed E-state index contributed by atoms with van der Waals surface area (Å²) in [5.74, 6) is 1.64. The van der Waals surface area contributed by atoms with E-state index in [9.17, 15) is 4.79 Å². The fourth-order valence-corrected chi connectivity index (χ4v) is 1.81. The summed E-state index contributed by atoms with van der Waals surface area (Å²) in [6, 6.07) is -0.484. The lowest BCUT2D eigenvalue weighted by atomic mass is 10.2. The van der Waals surface area contributed by atoms with Crippen LogP contribution in [0.3, 0.4) is 0 Å². The van der Waals surface area contributed by atoms with Crippen molar-refractivity contribution in [1.82, 2.24) is 5.32 Å². The minimum absolute atomic E-state index is 0.125. The second kappa shape index (κ2) is 11.2. The number of methoxy groups -OCH3 is 1. The van der Waals surface area contributed by atoms with Crippen molar-refractivity contribution in [3.05, 3.63) is 0 Å². The van der Waals surface area contributed by atoms with Gasteiger partial charge in [-0.05, 0) is 18.6 Å². The molecule has 0 aromatic heterocycles. The topological polar surface area (TPSA) is 84.6 Å². The van der Waals surface area contributed by atoms with Crippen LogP contribution < -0.4 is 11.1 Å². The quantitative estimate of drug-likeness (QED) is 0.459. The molecule has 1 atom stereocenters. The van der Waals surface area contributed by atoms with Crippen LogP contribution in [0.2, 0.25) is 0 Å². The molecule has 0 radical (unpaired) electrons. The molecule has 6 heteroatoms. The number of amides is 1. The number of hydrogen-bond donors (Lipinski definition) is 3. The molecule has 0 heterocycles. The molecule has 0 saturated carbocycles. The molecular formula is C10H22N2O3S. The molecule has 96 valence electrons. The van der Waals surface area contributed by atoms with Gasteiger partial charge in [0.2, 0.25) is 5.91 Å². The first-order chi connectivity index (χ1) is 7.72. The Morgan fingerprint density at radius 2 is 2.31 bits per heavy atom. The van der Waals surface area contributed by atoms with E-state index < -0.39 is 6.04 Å². The fourth-order valence-electron chi connectivity index (χ4n) is 1.02. The van der Waals surface area contributed by atoms with Crippen LogP contribution in [-0.2, 0) is 9.53 Å². The molecule has 5 nitrogen and oxygen atoms in total. The number of nitrogens with two attached hydrogens (primary N) is 1. The summed E-state index contributed by atoms with van der Waals surface area (Å²) in [6.07, 6.45) is 1.34. The Morgan fingerprint density at radius 3 is 2.94 bits per heavy atom. The highest BCUT2D eigenvalue weighted by Crippen LogP contribution is 2.00. The third-order valence-corrected chi connectivity index (χ3v) is 3.03. The zero-order valence-electron chi connectivity index (χ0n) is 9.78. The van der Waals surface area contributed by atoms with Crippen LogP contribution in [0.15, 0.2) is 0 Å². The lowest BCUT2D eigenvalue weighted by molar-refractivity contribution is -0.122. The Hall–Kier alpha value is -0.300. The molecule has 0 fully saturated rings. The predicted molar refractivity (Wildman–Crippen MR) is 66.5 cm³/mol. The van der Waals surface area contributed by atoms with E-state index in [1.54, 1.807) is 18.9 Å². The van der Waals surface area contributed by atoms with Crippen molar-refractivity contribution in [2.45, 2.75) is 18.9 Å². The van der Waals surface area contributed by atoms with Crippen LogP contribution in [0, 0.1) is 0 Å². The molecule has 16 heavy (non-hydrogen) atoms. The maximum atomic E-state index is 11.4. The van der Waals surface area contributed by atoms with Gasteiger partial charge in [0.25, 0.3) is 0 Å². The number of carbonyl (C=O) groups excluding carboxylic acids is 1. The average Bonchev–Trinajstić information content (AvgIpc) is 2.30. The number of carbonyl (C=O) groups is 1. The van der Waals surface area contributed by atoms with Crippen LogP contribution in [-0.4, -0.2) is 55.4 Å². The van der Waals surface area contributed by atoms with Crippen LogP contribution in [0.4, 0.5) is 0 Å². The number of aliphatic hydroxyl groups is 1. The van der Waals surface area contributed by atoms with Crippen LogP contribution in [0.1, 0.15) is 12.8 Å². The van der Waals surface area contributed by atoms with Crippen molar-refractivity contribution < 1.29 is 14.6 Å².